The van der Waals surface area contributed by atoms with Crippen LogP contribution in [-0.2, 0) is 9.53 Å². The van der Waals surface area contributed by atoms with Gasteiger partial charge in [0.05, 0.1) is 18.4 Å². The van der Waals surface area contributed by atoms with Gasteiger partial charge in [-0.15, -0.1) is 0 Å². The second-order valence-corrected chi connectivity index (χ2v) is 5.22. The number of methoxy groups -OCH3 is 1. The van der Waals surface area contributed by atoms with Crippen molar-refractivity contribution in [3.8, 4) is 0 Å². The van der Waals surface area contributed by atoms with Crippen LogP contribution < -0.4 is 10.6 Å². The first kappa shape index (κ1) is 16.7. The summed E-state index contributed by atoms with van der Waals surface area (Å²) in [4.78, 5) is 23.8. The zero-order valence-electron chi connectivity index (χ0n) is 13.3. The number of para-hydroxylation sites is 1. The molecule has 23 heavy (non-hydrogen) atoms. The number of hydrogen-bond acceptors (Lipinski definition) is 3. The molecule has 0 saturated carbocycles. The molecule has 5 nitrogen and oxygen atoms in total. The maximum Gasteiger partial charge on any atom is 0.339 e. The van der Waals surface area contributed by atoms with Crippen molar-refractivity contribution in [2.75, 3.05) is 19.0 Å². The SMILES string of the molecule is COC(=O)c1ccccc1NC(=O)C[NH2+][C@H](C)c1ccccc1. The minimum Gasteiger partial charge on any atom is -0.465 e. The van der Waals surface area contributed by atoms with Crippen molar-refractivity contribution >= 4 is 17.6 Å². The molecule has 2 aromatic carbocycles. The summed E-state index contributed by atoms with van der Waals surface area (Å²) in [6, 6.07) is 17.0. The predicted molar refractivity (Wildman–Crippen MR) is 88.1 cm³/mol. The van der Waals surface area contributed by atoms with Crippen LogP contribution in [0.25, 0.3) is 0 Å². The second-order valence-electron chi connectivity index (χ2n) is 5.22. The van der Waals surface area contributed by atoms with E-state index in [1.165, 1.54) is 7.11 Å². The molecular weight excluding hydrogens is 292 g/mol. The molecule has 120 valence electrons. The number of nitrogens with two attached hydrogens (primary N) is 1. The highest BCUT2D eigenvalue weighted by molar-refractivity contribution is 6.01. The van der Waals surface area contributed by atoms with Gasteiger partial charge >= 0.3 is 5.97 Å². The van der Waals surface area contributed by atoms with E-state index in [-0.39, 0.29) is 18.5 Å². The van der Waals surface area contributed by atoms with Crippen LogP contribution in [0.2, 0.25) is 0 Å². The number of hydrogen-bond donors (Lipinski definition) is 2. The van der Waals surface area contributed by atoms with Gasteiger partial charge in [-0.2, -0.15) is 0 Å². The Labute approximate surface area is 135 Å². The molecule has 1 amide bonds. The summed E-state index contributed by atoms with van der Waals surface area (Å²) in [6.07, 6.45) is 0. The molecule has 0 unspecified atom stereocenters. The first-order valence-corrected chi connectivity index (χ1v) is 7.47. The van der Waals surface area contributed by atoms with E-state index in [1.54, 1.807) is 24.3 Å². The Morgan fingerprint density at radius 3 is 2.43 bits per heavy atom. The quantitative estimate of drug-likeness (QED) is 0.798. The maximum absolute atomic E-state index is 12.1. The van der Waals surface area contributed by atoms with E-state index >= 15 is 0 Å². The van der Waals surface area contributed by atoms with Gasteiger partial charge in [-0.05, 0) is 19.1 Å². The van der Waals surface area contributed by atoms with Crippen LogP contribution in [0.1, 0.15) is 28.9 Å². The molecule has 0 aliphatic rings. The van der Waals surface area contributed by atoms with E-state index in [1.807, 2.05) is 42.6 Å². The number of benzene rings is 2. The number of nitrogens with one attached hydrogen (secondary N) is 1. The van der Waals surface area contributed by atoms with Gasteiger partial charge in [-0.3, -0.25) is 4.79 Å². The molecule has 5 heteroatoms. The first-order chi connectivity index (χ1) is 11.1. The minimum atomic E-state index is -0.470. The third-order valence-corrected chi connectivity index (χ3v) is 3.59. The van der Waals surface area contributed by atoms with Crippen molar-refractivity contribution < 1.29 is 19.6 Å². The van der Waals surface area contributed by atoms with Gasteiger partial charge in [0, 0.05) is 5.56 Å². The first-order valence-electron chi connectivity index (χ1n) is 7.47. The van der Waals surface area contributed by atoms with Crippen molar-refractivity contribution in [2.45, 2.75) is 13.0 Å². The Morgan fingerprint density at radius 2 is 1.74 bits per heavy atom. The van der Waals surface area contributed by atoms with E-state index in [9.17, 15) is 9.59 Å². The molecule has 0 aliphatic heterocycles. The standard InChI is InChI=1S/C18H20N2O3/c1-13(14-8-4-3-5-9-14)19-12-17(21)20-16-11-7-6-10-15(16)18(22)23-2/h3-11,13,19H,12H2,1-2H3,(H,20,21)/p+1/t13-/m1/s1. The number of carbonyl (C=O) groups is 2. The molecule has 2 rings (SSSR count). The summed E-state index contributed by atoms with van der Waals surface area (Å²) in [5, 5.41) is 4.71. The Kier molecular flexibility index (Phi) is 5.88. The van der Waals surface area contributed by atoms with Crippen LogP contribution in [0, 0.1) is 0 Å². The average molecular weight is 313 g/mol. The Morgan fingerprint density at radius 1 is 1.09 bits per heavy atom. The van der Waals surface area contributed by atoms with Crippen LogP contribution in [0.3, 0.4) is 0 Å². The average Bonchev–Trinajstić information content (AvgIpc) is 2.60. The molecule has 0 aromatic heterocycles. The number of anilines is 1. The van der Waals surface area contributed by atoms with E-state index < -0.39 is 5.97 Å². The number of rotatable bonds is 6. The zero-order chi connectivity index (χ0) is 16.7. The lowest BCUT2D eigenvalue weighted by molar-refractivity contribution is -0.682. The van der Waals surface area contributed by atoms with E-state index in [4.69, 9.17) is 4.74 Å². The number of quaternary nitrogens is 1. The van der Waals surface area contributed by atoms with Crippen LogP contribution in [0.15, 0.2) is 54.6 Å². The van der Waals surface area contributed by atoms with Crippen molar-refractivity contribution in [1.82, 2.24) is 0 Å². The predicted octanol–water partition coefficient (Wildman–Crippen LogP) is 1.74. The topological polar surface area (TPSA) is 72.0 Å². The number of esters is 1. The fourth-order valence-electron chi connectivity index (χ4n) is 2.26. The van der Waals surface area contributed by atoms with E-state index in [2.05, 4.69) is 5.32 Å². The summed E-state index contributed by atoms with van der Waals surface area (Å²) in [7, 11) is 1.32. The fraction of sp³-hybridized carbons (Fsp3) is 0.222. The Bertz CT molecular complexity index is 671. The third-order valence-electron chi connectivity index (χ3n) is 3.59. The highest BCUT2D eigenvalue weighted by atomic mass is 16.5. The van der Waals surface area contributed by atoms with Crippen LogP contribution in [-0.4, -0.2) is 25.5 Å². The highest BCUT2D eigenvalue weighted by Crippen LogP contribution is 2.15. The van der Waals surface area contributed by atoms with Gasteiger partial charge in [0.25, 0.3) is 5.91 Å². The largest absolute Gasteiger partial charge is 0.465 e. The molecule has 3 N–H and O–H groups in total. The molecule has 0 saturated heterocycles. The summed E-state index contributed by atoms with van der Waals surface area (Å²) in [5.41, 5.74) is 1.97. The summed E-state index contributed by atoms with van der Waals surface area (Å²) in [6.45, 7) is 2.32. The number of carbonyl (C=O) groups excluding carboxylic acids is 2. The van der Waals surface area contributed by atoms with Gasteiger partial charge in [0.15, 0.2) is 6.54 Å². The van der Waals surface area contributed by atoms with E-state index in [0.29, 0.717) is 11.3 Å². The smallest absolute Gasteiger partial charge is 0.339 e. The molecule has 0 fully saturated rings. The van der Waals surface area contributed by atoms with Gasteiger partial charge in [-0.25, -0.2) is 4.79 Å². The molecule has 0 spiro atoms. The molecule has 0 radical (unpaired) electrons. The lowest BCUT2D eigenvalue weighted by atomic mass is 10.1. The monoisotopic (exact) mass is 313 g/mol. The molecule has 0 bridgehead atoms. The lowest BCUT2D eigenvalue weighted by Gasteiger charge is -2.12. The van der Waals surface area contributed by atoms with Gasteiger partial charge < -0.3 is 15.4 Å². The van der Waals surface area contributed by atoms with Crippen LogP contribution >= 0.6 is 0 Å². The fourth-order valence-corrected chi connectivity index (χ4v) is 2.26. The van der Waals surface area contributed by atoms with Crippen molar-refractivity contribution in [3.05, 3.63) is 65.7 Å². The van der Waals surface area contributed by atoms with Crippen molar-refractivity contribution in [3.63, 3.8) is 0 Å². The summed E-state index contributed by atoms with van der Waals surface area (Å²) < 4.78 is 4.72. The molecular formula is C18H21N2O3+. The normalized spacial score (nSPS) is 11.6. The lowest BCUT2D eigenvalue weighted by Crippen LogP contribution is -2.86. The van der Waals surface area contributed by atoms with Gasteiger partial charge in [0.1, 0.15) is 6.04 Å². The summed E-state index contributed by atoms with van der Waals surface area (Å²) >= 11 is 0. The van der Waals surface area contributed by atoms with Gasteiger partial charge in [0.2, 0.25) is 0 Å². The highest BCUT2D eigenvalue weighted by Gasteiger charge is 2.15. The minimum absolute atomic E-state index is 0.163. The molecule has 1 atom stereocenters. The van der Waals surface area contributed by atoms with E-state index in [0.717, 1.165) is 5.56 Å². The second kappa shape index (κ2) is 8.10. The Balaban J connectivity index is 1.94. The third kappa shape index (κ3) is 4.66. The number of ether oxygens (including phenoxy) is 1. The van der Waals surface area contributed by atoms with Crippen LogP contribution in [0.4, 0.5) is 5.69 Å². The number of amides is 1. The maximum atomic E-state index is 12.1. The van der Waals surface area contributed by atoms with Crippen molar-refractivity contribution in [1.29, 1.82) is 0 Å². The molecule has 0 heterocycles. The van der Waals surface area contributed by atoms with Crippen LogP contribution in [0.5, 0.6) is 0 Å². The van der Waals surface area contributed by atoms with Crippen molar-refractivity contribution in [2.24, 2.45) is 0 Å². The Hall–Kier alpha value is -2.66. The zero-order valence-corrected chi connectivity index (χ0v) is 13.3. The summed E-state index contributed by atoms with van der Waals surface area (Å²) in [5.74, 6) is -0.633. The molecule has 2 aromatic rings. The van der Waals surface area contributed by atoms with Gasteiger partial charge in [-0.1, -0.05) is 42.5 Å². The molecule has 0 aliphatic carbocycles.